The molecule has 146 valence electrons. The summed E-state index contributed by atoms with van der Waals surface area (Å²) in [7, 11) is 1.68. The summed E-state index contributed by atoms with van der Waals surface area (Å²) in [6, 6.07) is 2.57. The Morgan fingerprint density at radius 3 is 2.44 bits per heavy atom. The monoisotopic (exact) mass is 398 g/mol. The third kappa shape index (κ3) is 4.18. The summed E-state index contributed by atoms with van der Waals surface area (Å²) in [4.78, 5) is 13.3. The summed E-state index contributed by atoms with van der Waals surface area (Å²) in [6.07, 6.45) is -3.68. The quantitative estimate of drug-likeness (QED) is 0.614. The average molecular weight is 398 g/mol. The van der Waals surface area contributed by atoms with Crippen molar-refractivity contribution in [2.45, 2.75) is 38.8 Å². The van der Waals surface area contributed by atoms with Crippen LogP contribution in [-0.4, -0.2) is 30.4 Å². The van der Waals surface area contributed by atoms with Crippen molar-refractivity contribution in [2.75, 3.05) is 5.75 Å². The van der Waals surface area contributed by atoms with Gasteiger partial charge in [-0.3, -0.25) is 0 Å². The van der Waals surface area contributed by atoms with Crippen molar-refractivity contribution < 1.29 is 18.3 Å². The van der Waals surface area contributed by atoms with Gasteiger partial charge in [-0.2, -0.15) is 13.2 Å². The summed E-state index contributed by atoms with van der Waals surface area (Å²) in [5.41, 5.74) is 0.570. The van der Waals surface area contributed by atoms with Crippen LogP contribution in [0, 0.1) is 6.92 Å². The van der Waals surface area contributed by atoms with E-state index in [1.54, 1.807) is 24.6 Å². The number of alkyl halides is 3. The highest BCUT2D eigenvalue weighted by Crippen LogP contribution is 2.35. The zero-order valence-electron chi connectivity index (χ0n) is 15.7. The van der Waals surface area contributed by atoms with Gasteiger partial charge < -0.3 is 9.67 Å². The molecule has 27 heavy (non-hydrogen) atoms. The number of aromatic nitrogens is 4. The van der Waals surface area contributed by atoms with Gasteiger partial charge in [-0.15, -0.1) is 11.8 Å². The van der Waals surface area contributed by atoms with Crippen molar-refractivity contribution in [1.82, 2.24) is 19.5 Å². The van der Waals surface area contributed by atoms with Gasteiger partial charge in [-0.25, -0.2) is 15.0 Å². The summed E-state index contributed by atoms with van der Waals surface area (Å²) in [5, 5.41) is 9.89. The van der Waals surface area contributed by atoms with E-state index in [2.05, 4.69) is 15.0 Å². The highest BCUT2D eigenvalue weighted by Gasteiger charge is 2.32. The number of rotatable bonds is 3. The summed E-state index contributed by atoms with van der Waals surface area (Å²) < 4.78 is 40.3. The van der Waals surface area contributed by atoms with Gasteiger partial charge >= 0.3 is 6.18 Å². The Labute approximate surface area is 159 Å². The fourth-order valence-electron chi connectivity index (χ4n) is 2.45. The Balaban J connectivity index is 0.00000126. The molecule has 3 heterocycles. The van der Waals surface area contributed by atoms with Gasteiger partial charge in [0.2, 0.25) is 0 Å². The van der Waals surface area contributed by atoms with Crippen LogP contribution in [0.1, 0.15) is 32.0 Å². The lowest BCUT2D eigenvalue weighted by atomic mass is 10.2. The van der Waals surface area contributed by atoms with Crippen LogP contribution in [0.25, 0.3) is 22.7 Å². The molecule has 0 atom stereocenters. The number of aromatic hydroxyl groups is 1. The number of hydrogen-bond donors (Lipinski definition) is 1. The maximum absolute atomic E-state index is 12.9. The number of fused-ring (bicyclic) bond motifs is 1. The molecule has 3 rings (SSSR count). The van der Waals surface area contributed by atoms with E-state index in [-0.39, 0.29) is 11.3 Å². The van der Waals surface area contributed by atoms with Crippen molar-refractivity contribution in [3.8, 4) is 17.3 Å². The Kier molecular flexibility index (Phi) is 6.35. The summed E-state index contributed by atoms with van der Waals surface area (Å²) in [5.74, 6) is 1.22. The molecule has 5 nitrogen and oxygen atoms in total. The van der Waals surface area contributed by atoms with Crippen LogP contribution < -0.4 is 0 Å². The molecule has 0 aromatic carbocycles. The van der Waals surface area contributed by atoms with Gasteiger partial charge in [-0.05, 0) is 24.8 Å². The molecule has 9 heteroatoms. The molecule has 0 bridgehead atoms. The van der Waals surface area contributed by atoms with E-state index in [1.165, 1.54) is 11.8 Å². The second kappa shape index (κ2) is 8.16. The SMILES string of the molecule is CC.CCSc1cc(O)c(C)nc1-c1nc2cc(C(F)(F)F)cnc2n1C. The van der Waals surface area contributed by atoms with Crippen LogP contribution in [0.3, 0.4) is 0 Å². The lowest BCUT2D eigenvalue weighted by molar-refractivity contribution is -0.137. The van der Waals surface area contributed by atoms with Crippen molar-refractivity contribution >= 4 is 22.9 Å². The van der Waals surface area contributed by atoms with Crippen LogP contribution in [0.4, 0.5) is 13.2 Å². The Morgan fingerprint density at radius 2 is 1.85 bits per heavy atom. The van der Waals surface area contributed by atoms with Crippen LogP contribution in [0.15, 0.2) is 23.2 Å². The molecule has 0 radical (unpaired) electrons. The molecular formula is C18H21F3N4OS. The zero-order valence-corrected chi connectivity index (χ0v) is 16.5. The smallest absolute Gasteiger partial charge is 0.417 e. The van der Waals surface area contributed by atoms with Crippen molar-refractivity contribution in [3.63, 3.8) is 0 Å². The second-order valence-electron chi connectivity index (χ2n) is 5.43. The lowest BCUT2D eigenvalue weighted by Gasteiger charge is -2.10. The Morgan fingerprint density at radius 1 is 1.19 bits per heavy atom. The first kappa shape index (κ1) is 21.0. The molecular weight excluding hydrogens is 377 g/mol. The van der Waals surface area contributed by atoms with Crippen LogP contribution in [0.5, 0.6) is 5.75 Å². The molecule has 0 spiro atoms. The van der Waals surface area contributed by atoms with Crippen LogP contribution in [-0.2, 0) is 13.2 Å². The first-order valence-corrected chi connectivity index (χ1v) is 9.44. The number of hydrogen-bond acceptors (Lipinski definition) is 5. The average Bonchev–Trinajstić information content (AvgIpc) is 2.95. The maximum Gasteiger partial charge on any atom is 0.417 e. The minimum Gasteiger partial charge on any atom is -0.506 e. The van der Waals surface area contributed by atoms with E-state index in [9.17, 15) is 18.3 Å². The van der Waals surface area contributed by atoms with E-state index >= 15 is 0 Å². The van der Waals surface area contributed by atoms with Gasteiger partial charge in [-0.1, -0.05) is 20.8 Å². The predicted molar refractivity (Wildman–Crippen MR) is 101 cm³/mol. The lowest BCUT2D eigenvalue weighted by Crippen LogP contribution is -2.05. The van der Waals surface area contributed by atoms with Gasteiger partial charge in [0.1, 0.15) is 17.0 Å². The molecule has 0 fully saturated rings. The molecule has 3 aromatic heterocycles. The minimum atomic E-state index is -4.48. The number of nitrogens with zero attached hydrogens (tertiary/aromatic N) is 4. The first-order valence-electron chi connectivity index (χ1n) is 8.45. The highest BCUT2D eigenvalue weighted by molar-refractivity contribution is 7.99. The third-order valence-corrected chi connectivity index (χ3v) is 4.61. The van der Waals surface area contributed by atoms with Gasteiger partial charge in [0.15, 0.2) is 11.5 Å². The normalized spacial score (nSPS) is 11.4. The molecule has 1 N–H and O–H groups in total. The molecule has 0 saturated heterocycles. The first-order chi connectivity index (χ1) is 12.7. The predicted octanol–water partition coefficient (Wildman–Crippen LogP) is 5.20. The van der Waals surface area contributed by atoms with E-state index in [0.29, 0.717) is 27.8 Å². The highest BCUT2D eigenvalue weighted by atomic mass is 32.2. The molecule has 0 unspecified atom stereocenters. The van der Waals surface area contributed by atoms with Crippen molar-refractivity contribution in [2.24, 2.45) is 7.05 Å². The molecule has 3 aromatic rings. The minimum absolute atomic E-state index is 0.0657. The van der Waals surface area contributed by atoms with Crippen LogP contribution in [0.2, 0.25) is 0 Å². The number of thioether (sulfide) groups is 1. The number of halogens is 3. The van der Waals surface area contributed by atoms with Crippen molar-refractivity contribution in [3.05, 3.63) is 29.6 Å². The number of pyridine rings is 2. The topological polar surface area (TPSA) is 63.8 Å². The molecule has 0 aliphatic heterocycles. The summed E-state index contributed by atoms with van der Waals surface area (Å²) in [6.45, 7) is 7.61. The summed E-state index contributed by atoms with van der Waals surface area (Å²) >= 11 is 1.47. The molecule has 0 amide bonds. The fraction of sp³-hybridized carbons (Fsp3) is 0.389. The standard InChI is InChI=1S/C16H15F3N4OS.C2H6/c1-4-25-12-6-11(24)8(2)21-13(12)15-22-10-5-9(16(17,18)19)7-20-14(10)23(15)3;1-2/h5-7,24H,4H2,1-3H3;1-2H3. The van der Waals surface area contributed by atoms with Crippen LogP contribution >= 0.6 is 11.8 Å². The van der Waals surface area contributed by atoms with E-state index in [4.69, 9.17) is 0 Å². The van der Waals surface area contributed by atoms with E-state index in [0.717, 1.165) is 18.0 Å². The molecule has 0 aliphatic carbocycles. The Hall–Kier alpha value is -2.29. The van der Waals surface area contributed by atoms with Gasteiger partial charge in [0, 0.05) is 18.1 Å². The zero-order chi connectivity index (χ0) is 20.4. The second-order valence-corrected chi connectivity index (χ2v) is 6.74. The fourth-order valence-corrected chi connectivity index (χ4v) is 3.23. The van der Waals surface area contributed by atoms with E-state index < -0.39 is 11.7 Å². The molecule has 0 saturated carbocycles. The Bertz CT molecular complexity index is 954. The molecule has 0 aliphatic rings. The number of aryl methyl sites for hydroxylation is 2. The van der Waals surface area contributed by atoms with E-state index in [1.807, 2.05) is 20.8 Å². The maximum atomic E-state index is 12.9. The van der Waals surface area contributed by atoms with Gasteiger partial charge in [0.25, 0.3) is 0 Å². The van der Waals surface area contributed by atoms with Gasteiger partial charge in [0.05, 0.1) is 11.3 Å². The van der Waals surface area contributed by atoms with Crippen molar-refractivity contribution in [1.29, 1.82) is 0 Å². The largest absolute Gasteiger partial charge is 0.506 e. The number of imidazole rings is 1. The third-order valence-electron chi connectivity index (χ3n) is 3.70.